The van der Waals surface area contributed by atoms with Crippen molar-refractivity contribution in [2.24, 2.45) is 10.8 Å². The van der Waals surface area contributed by atoms with Crippen LogP contribution in [0.2, 0.25) is 0 Å². The maximum Gasteiger partial charge on any atom is 0.262 e. The lowest BCUT2D eigenvalue weighted by Crippen LogP contribution is -2.45. The fraction of sp³-hybridized carbons (Fsp3) is 0.375. The molecule has 0 saturated carbocycles. The highest BCUT2D eigenvalue weighted by Crippen LogP contribution is 2.56. The number of allylic oxidation sites excluding steroid dienone is 4. The molecule has 1 amide bonds. The van der Waals surface area contributed by atoms with Crippen LogP contribution in [0.3, 0.4) is 0 Å². The van der Waals surface area contributed by atoms with Crippen molar-refractivity contribution in [3.63, 3.8) is 0 Å². The van der Waals surface area contributed by atoms with Gasteiger partial charge in [0.15, 0.2) is 18.2 Å². The van der Waals surface area contributed by atoms with E-state index in [9.17, 15) is 14.4 Å². The van der Waals surface area contributed by atoms with Gasteiger partial charge in [0.05, 0.1) is 4.47 Å². The SMILES string of the molecule is Cc1cccc(NC(=O)COc2c(Br)cc(Br)cc2C2C3=C(CC(C)(C)CC3=O)N(CCc3ccccc3)C3=C2C(=O)CC(C)(C)C3)c1. The van der Waals surface area contributed by atoms with E-state index in [1.165, 1.54) is 5.56 Å². The Hall–Kier alpha value is -3.49. The molecule has 0 atom stereocenters. The van der Waals surface area contributed by atoms with Crippen LogP contribution in [0.4, 0.5) is 5.69 Å². The summed E-state index contributed by atoms with van der Waals surface area (Å²) < 4.78 is 7.74. The Labute approximate surface area is 300 Å². The second kappa shape index (κ2) is 13.4. The number of amides is 1. The number of halogens is 2. The number of hydrogen-bond donors (Lipinski definition) is 1. The molecule has 0 radical (unpaired) electrons. The molecule has 3 aromatic rings. The monoisotopic (exact) mass is 772 g/mol. The van der Waals surface area contributed by atoms with Crippen molar-refractivity contribution >= 4 is 55.0 Å². The number of ketones is 2. The zero-order chi connectivity index (χ0) is 34.4. The molecule has 0 aromatic heterocycles. The molecular weight excluding hydrogens is 732 g/mol. The van der Waals surface area contributed by atoms with E-state index < -0.39 is 5.92 Å². The fourth-order valence-electron chi connectivity index (χ4n) is 7.52. The van der Waals surface area contributed by atoms with Crippen LogP contribution in [0, 0.1) is 17.8 Å². The molecule has 2 aliphatic carbocycles. The lowest BCUT2D eigenvalue weighted by Gasteiger charge is -2.49. The minimum atomic E-state index is -0.612. The third-order valence-corrected chi connectivity index (χ3v) is 10.5. The van der Waals surface area contributed by atoms with Crippen LogP contribution in [-0.4, -0.2) is 35.5 Å². The van der Waals surface area contributed by atoms with Crippen LogP contribution < -0.4 is 10.1 Å². The number of nitrogens with one attached hydrogen (secondary N) is 1. The van der Waals surface area contributed by atoms with Gasteiger partial charge in [-0.25, -0.2) is 0 Å². The Balaban J connectivity index is 1.47. The second-order valence-corrected chi connectivity index (χ2v) is 16.7. The zero-order valence-corrected chi connectivity index (χ0v) is 31.4. The maximum atomic E-state index is 14.4. The van der Waals surface area contributed by atoms with E-state index in [2.05, 4.69) is 81.9 Å². The summed E-state index contributed by atoms with van der Waals surface area (Å²) in [6.07, 6.45) is 3.00. The average molecular weight is 775 g/mol. The molecule has 1 N–H and O–H groups in total. The summed E-state index contributed by atoms with van der Waals surface area (Å²) in [7, 11) is 0. The summed E-state index contributed by atoms with van der Waals surface area (Å²) in [6.45, 7) is 11.0. The molecule has 3 aromatic carbocycles. The van der Waals surface area contributed by atoms with Gasteiger partial charge in [0.25, 0.3) is 5.91 Å². The number of anilines is 1. The van der Waals surface area contributed by atoms with Gasteiger partial charge in [0.2, 0.25) is 0 Å². The highest BCUT2D eigenvalue weighted by Gasteiger charge is 2.49. The van der Waals surface area contributed by atoms with Gasteiger partial charge in [-0.2, -0.15) is 0 Å². The number of rotatable bonds is 8. The summed E-state index contributed by atoms with van der Waals surface area (Å²) >= 11 is 7.37. The highest BCUT2D eigenvalue weighted by atomic mass is 79.9. The third kappa shape index (κ3) is 7.25. The number of benzene rings is 3. The van der Waals surface area contributed by atoms with Gasteiger partial charge in [-0.3, -0.25) is 14.4 Å². The Morgan fingerprint density at radius 1 is 0.854 bits per heavy atom. The van der Waals surface area contributed by atoms with Gasteiger partial charge in [0, 0.05) is 63.6 Å². The van der Waals surface area contributed by atoms with Gasteiger partial charge < -0.3 is 15.0 Å². The number of Topliss-reactive ketones (excluding diaryl/α,β-unsaturated/α-hetero) is 2. The molecule has 0 spiro atoms. The highest BCUT2D eigenvalue weighted by molar-refractivity contribution is 9.11. The van der Waals surface area contributed by atoms with E-state index in [1.54, 1.807) is 0 Å². The van der Waals surface area contributed by atoms with Gasteiger partial charge in [-0.05, 0) is 88.3 Å². The smallest absolute Gasteiger partial charge is 0.262 e. The quantitative estimate of drug-likeness (QED) is 0.247. The molecule has 1 heterocycles. The number of nitrogens with zero attached hydrogens (tertiary/aromatic N) is 1. The Bertz CT molecular complexity index is 1800. The molecule has 0 saturated heterocycles. The van der Waals surface area contributed by atoms with E-state index in [4.69, 9.17) is 4.74 Å². The van der Waals surface area contributed by atoms with Crippen molar-refractivity contribution in [3.8, 4) is 5.75 Å². The largest absolute Gasteiger partial charge is 0.482 e. The van der Waals surface area contributed by atoms with Crippen molar-refractivity contribution in [1.29, 1.82) is 0 Å². The van der Waals surface area contributed by atoms with Crippen molar-refractivity contribution in [1.82, 2.24) is 4.90 Å². The first kappa shape index (κ1) is 34.4. The Kier molecular flexibility index (Phi) is 9.62. The summed E-state index contributed by atoms with van der Waals surface area (Å²) in [4.78, 5) is 44.2. The zero-order valence-electron chi connectivity index (χ0n) is 28.2. The summed E-state index contributed by atoms with van der Waals surface area (Å²) in [5.74, 6) is -0.352. The molecule has 0 fully saturated rings. The number of carbonyl (C=O) groups excluding carboxylic acids is 3. The van der Waals surface area contributed by atoms with E-state index >= 15 is 0 Å². The molecule has 3 aliphatic rings. The second-order valence-electron chi connectivity index (χ2n) is 14.9. The predicted octanol–water partition coefficient (Wildman–Crippen LogP) is 9.47. The van der Waals surface area contributed by atoms with E-state index in [0.29, 0.717) is 52.0 Å². The molecule has 48 heavy (non-hydrogen) atoms. The fourth-order valence-corrected chi connectivity index (χ4v) is 8.89. The summed E-state index contributed by atoms with van der Waals surface area (Å²) in [6, 6.07) is 21.8. The molecule has 0 bridgehead atoms. The summed E-state index contributed by atoms with van der Waals surface area (Å²) in [5.41, 5.74) is 6.52. The van der Waals surface area contributed by atoms with Crippen LogP contribution in [0.5, 0.6) is 5.75 Å². The lowest BCUT2D eigenvalue weighted by atomic mass is 9.63. The van der Waals surface area contributed by atoms with E-state index in [0.717, 1.165) is 40.7 Å². The topological polar surface area (TPSA) is 75.7 Å². The first-order valence-corrected chi connectivity index (χ1v) is 18.1. The van der Waals surface area contributed by atoms with Gasteiger partial charge in [-0.1, -0.05) is 86.1 Å². The van der Waals surface area contributed by atoms with Gasteiger partial charge in [-0.15, -0.1) is 0 Å². The van der Waals surface area contributed by atoms with Crippen molar-refractivity contribution < 1.29 is 19.1 Å². The van der Waals surface area contributed by atoms with Crippen molar-refractivity contribution in [2.75, 3.05) is 18.5 Å². The van der Waals surface area contributed by atoms with Crippen LogP contribution in [0.15, 0.2) is 98.2 Å². The van der Waals surface area contributed by atoms with Crippen LogP contribution >= 0.6 is 31.9 Å². The van der Waals surface area contributed by atoms with Crippen molar-refractivity contribution in [2.45, 2.75) is 72.6 Å². The average Bonchev–Trinajstić information content (AvgIpc) is 2.98. The van der Waals surface area contributed by atoms with Crippen molar-refractivity contribution in [3.05, 3.63) is 115 Å². The Morgan fingerprint density at radius 2 is 1.48 bits per heavy atom. The molecule has 6 nitrogen and oxygen atoms in total. The maximum absolute atomic E-state index is 14.4. The van der Waals surface area contributed by atoms with Crippen LogP contribution in [-0.2, 0) is 20.8 Å². The Morgan fingerprint density at radius 3 is 2.08 bits per heavy atom. The number of ether oxygens (including phenoxy) is 1. The number of carbonyl (C=O) groups is 3. The van der Waals surface area contributed by atoms with Crippen LogP contribution in [0.1, 0.15) is 76.0 Å². The number of hydrogen-bond acceptors (Lipinski definition) is 5. The third-order valence-electron chi connectivity index (χ3n) is 9.49. The lowest BCUT2D eigenvalue weighted by molar-refractivity contribution is -0.120. The molecule has 0 unspecified atom stereocenters. The minimum Gasteiger partial charge on any atom is -0.482 e. The molecule has 8 heteroatoms. The molecule has 6 rings (SSSR count). The molecule has 250 valence electrons. The predicted molar refractivity (Wildman–Crippen MR) is 197 cm³/mol. The standard InChI is InChI=1S/C40H42Br2N2O4/c1-24-10-9-13-27(16-24)43-34(47)23-48-38-28(17-26(41)18-29(38)42)35-36-30(19-39(2,3)21-32(36)45)44(15-14-25-11-7-6-8-12-25)31-20-40(4,5)22-33(46)37(31)35/h6-13,16-18,35H,14-15,19-23H2,1-5H3,(H,43,47). The first-order valence-electron chi connectivity index (χ1n) is 16.5. The van der Waals surface area contributed by atoms with Crippen LogP contribution in [0.25, 0.3) is 0 Å². The van der Waals surface area contributed by atoms with Gasteiger partial charge >= 0.3 is 0 Å². The van der Waals surface area contributed by atoms with Gasteiger partial charge in [0.1, 0.15) is 5.75 Å². The van der Waals surface area contributed by atoms with E-state index in [1.807, 2.05) is 61.5 Å². The minimum absolute atomic E-state index is 0.0550. The number of aryl methyl sites for hydroxylation is 1. The summed E-state index contributed by atoms with van der Waals surface area (Å²) in [5, 5.41) is 2.92. The molecular formula is C40H42Br2N2O4. The van der Waals surface area contributed by atoms with E-state index in [-0.39, 0.29) is 34.9 Å². The normalized spacial score (nSPS) is 18.9. The first-order chi connectivity index (χ1) is 22.7. The molecule has 1 aliphatic heterocycles.